The fraction of sp³-hybridized carbons (Fsp3) is 0.133. The van der Waals surface area contributed by atoms with Gasteiger partial charge in [0.05, 0.1) is 16.4 Å². The van der Waals surface area contributed by atoms with E-state index in [1.807, 2.05) is 0 Å². The quantitative estimate of drug-likeness (QED) is 0.771. The number of anilines is 2. The highest BCUT2D eigenvalue weighted by Crippen LogP contribution is 2.29. The molecule has 0 aliphatic rings. The molecule has 2 heterocycles. The van der Waals surface area contributed by atoms with Gasteiger partial charge in [0.15, 0.2) is 5.65 Å². The second kappa shape index (κ2) is 5.72. The third kappa shape index (κ3) is 2.60. The first-order valence-corrected chi connectivity index (χ1v) is 7.42. The Kier molecular flexibility index (Phi) is 3.87. The molecule has 0 bridgehead atoms. The fourth-order valence-electron chi connectivity index (χ4n) is 2.33. The maximum Gasteiger partial charge on any atom is 0.332 e. The van der Waals surface area contributed by atoms with E-state index >= 15 is 0 Å². The van der Waals surface area contributed by atoms with E-state index in [1.54, 1.807) is 31.3 Å². The van der Waals surface area contributed by atoms with Crippen molar-refractivity contribution < 1.29 is 0 Å². The van der Waals surface area contributed by atoms with Gasteiger partial charge >= 0.3 is 5.69 Å². The van der Waals surface area contributed by atoms with Crippen molar-refractivity contribution in [2.75, 3.05) is 5.32 Å². The molecule has 3 rings (SSSR count). The maximum atomic E-state index is 12.5. The molecule has 0 aliphatic heterocycles. The van der Waals surface area contributed by atoms with E-state index in [4.69, 9.17) is 23.2 Å². The molecule has 0 radical (unpaired) electrons. The number of rotatable bonds is 2. The average molecular weight is 351 g/mol. The lowest BCUT2D eigenvalue weighted by molar-refractivity contribution is 0.708. The van der Waals surface area contributed by atoms with Crippen molar-refractivity contribution in [3.8, 4) is 0 Å². The molecule has 0 atom stereocenters. The van der Waals surface area contributed by atoms with Crippen LogP contribution in [0.15, 0.2) is 40.1 Å². The normalized spacial score (nSPS) is 11.0. The summed E-state index contributed by atoms with van der Waals surface area (Å²) in [5.74, 6) is 0. The van der Waals surface area contributed by atoms with Gasteiger partial charge in [-0.1, -0.05) is 23.2 Å². The molecular formula is C15H12Cl2N4O2. The molecule has 118 valence electrons. The number of halogens is 2. The Morgan fingerprint density at radius 2 is 1.78 bits per heavy atom. The first kappa shape index (κ1) is 15.6. The van der Waals surface area contributed by atoms with E-state index < -0.39 is 11.2 Å². The van der Waals surface area contributed by atoms with Crippen LogP contribution in [0, 0.1) is 0 Å². The number of hydrogen-bond acceptors (Lipinski definition) is 4. The lowest BCUT2D eigenvalue weighted by Gasteiger charge is -2.13. The van der Waals surface area contributed by atoms with Gasteiger partial charge in [0.25, 0.3) is 5.56 Å². The van der Waals surface area contributed by atoms with Crippen molar-refractivity contribution in [2.45, 2.75) is 0 Å². The zero-order valence-corrected chi connectivity index (χ0v) is 13.8. The molecule has 1 aromatic carbocycles. The number of pyridine rings is 1. The van der Waals surface area contributed by atoms with Crippen molar-refractivity contribution in [2.24, 2.45) is 14.1 Å². The molecule has 0 amide bonds. The van der Waals surface area contributed by atoms with Crippen LogP contribution >= 0.6 is 23.2 Å². The number of hydrogen-bond donors (Lipinski definition) is 1. The van der Waals surface area contributed by atoms with Crippen LogP contribution < -0.4 is 16.6 Å². The zero-order chi connectivity index (χ0) is 16.7. The van der Waals surface area contributed by atoms with Crippen molar-refractivity contribution in [1.82, 2.24) is 14.1 Å². The van der Waals surface area contributed by atoms with Gasteiger partial charge in [0.1, 0.15) is 5.39 Å². The third-order valence-electron chi connectivity index (χ3n) is 3.54. The Morgan fingerprint density at radius 3 is 2.48 bits per heavy atom. The molecule has 0 saturated carbocycles. The SMILES string of the molecule is Cn1c(=O)c2c(Nc3ccc(Cl)cc3Cl)ccnc2n(C)c1=O. The van der Waals surface area contributed by atoms with Crippen molar-refractivity contribution in [1.29, 1.82) is 0 Å². The first-order valence-electron chi connectivity index (χ1n) is 6.67. The van der Waals surface area contributed by atoms with Gasteiger partial charge in [-0.15, -0.1) is 0 Å². The molecule has 23 heavy (non-hydrogen) atoms. The number of aryl methyl sites for hydroxylation is 1. The topological polar surface area (TPSA) is 68.9 Å². The largest absolute Gasteiger partial charge is 0.353 e. The molecule has 1 N–H and O–H groups in total. The third-order valence-corrected chi connectivity index (χ3v) is 4.09. The van der Waals surface area contributed by atoms with Gasteiger partial charge in [0, 0.05) is 25.3 Å². The van der Waals surface area contributed by atoms with E-state index in [0.717, 1.165) is 4.57 Å². The highest BCUT2D eigenvalue weighted by molar-refractivity contribution is 6.36. The second-order valence-electron chi connectivity index (χ2n) is 5.01. The van der Waals surface area contributed by atoms with Gasteiger partial charge < -0.3 is 5.32 Å². The van der Waals surface area contributed by atoms with Gasteiger partial charge in [0.2, 0.25) is 0 Å². The summed E-state index contributed by atoms with van der Waals surface area (Å²) >= 11 is 12.0. The summed E-state index contributed by atoms with van der Waals surface area (Å²) in [6.07, 6.45) is 1.52. The number of nitrogens with one attached hydrogen (secondary N) is 1. The van der Waals surface area contributed by atoms with Crippen LogP contribution in [0.1, 0.15) is 0 Å². The number of nitrogens with zero attached hydrogens (tertiary/aromatic N) is 3. The van der Waals surface area contributed by atoms with Crippen LogP contribution in [0.25, 0.3) is 11.0 Å². The zero-order valence-electron chi connectivity index (χ0n) is 12.3. The summed E-state index contributed by atoms with van der Waals surface area (Å²) in [5, 5.41) is 4.34. The molecule has 3 aromatic rings. The molecular weight excluding hydrogens is 339 g/mol. The monoisotopic (exact) mass is 350 g/mol. The van der Waals surface area contributed by atoms with E-state index in [0.29, 0.717) is 32.5 Å². The lowest BCUT2D eigenvalue weighted by atomic mass is 10.2. The number of benzene rings is 1. The number of fused-ring (bicyclic) bond motifs is 1. The van der Waals surface area contributed by atoms with Crippen LogP contribution in [0.3, 0.4) is 0 Å². The van der Waals surface area contributed by atoms with Gasteiger partial charge in [-0.05, 0) is 24.3 Å². The van der Waals surface area contributed by atoms with Gasteiger partial charge in [-0.2, -0.15) is 0 Å². The average Bonchev–Trinajstić information content (AvgIpc) is 2.53. The summed E-state index contributed by atoms with van der Waals surface area (Å²) < 4.78 is 2.37. The summed E-state index contributed by atoms with van der Waals surface area (Å²) in [5.41, 5.74) is 0.545. The van der Waals surface area contributed by atoms with Crippen molar-refractivity contribution in [3.63, 3.8) is 0 Å². The highest BCUT2D eigenvalue weighted by atomic mass is 35.5. The molecule has 2 aromatic heterocycles. The van der Waals surface area contributed by atoms with Crippen molar-refractivity contribution >= 4 is 45.6 Å². The first-order chi connectivity index (χ1) is 10.9. The Balaban J connectivity index is 2.27. The minimum Gasteiger partial charge on any atom is -0.353 e. The Bertz CT molecular complexity index is 1040. The van der Waals surface area contributed by atoms with E-state index in [9.17, 15) is 9.59 Å². The molecule has 6 nitrogen and oxygen atoms in total. The standard InChI is InChI=1S/C15H12Cl2N4O2/c1-20-13-12(14(22)21(2)15(20)23)11(5-6-18-13)19-10-4-3-8(16)7-9(10)17/h3-7H,1-2H3,(H,18,19). The highest BCUT2D eigenvalue weighted by Gasteiger charge is 2.14. The Morgan fingerprint density at radius 1 is 1.04 bits per heavy atom. The molecule has 0 aliphatic carbocycles. The Hall–Kier alpha value is -2.31. The smallest absolute Gasteiger partial charge is 0.332 e. The molecule has 8 heteroatoms. The van der Waals surface area contributed by atoms with Crippen LogP contribution in [0.5, 0.6) is 0 Å². The minimum absolute atomic E-state index is 0.299. The second-order valence-corrected chi connectivity index (χ2v) is 5.86. The summed E-state index contributed by atoms with van der Waals surface area (Å²) in [6.45, 7) is 0. The predicted octanol–water partition coefficient (Wildman–Crippen LogP) is 2.68. The maximum absolute atomic E-state index is 12.5. The summed E-state index contributed by atoms with van der Waals surface area (Å²) in [4.78, 5) is 28.6. The minimum atomic E-state index is -0.434. The molecule has 0 saturated heterocycles. The van der Waals surface area contributed by atoms with Crippen molar-refractivity contribution in [3.05, 3.63) is 61.3 Å². The molecule has 0 unspecified atom stereocenters. The summed E-state index contributed by atoms with van der Waals surface area (Å²) in [7, 11) is 2.99. The van der Waals surface area contributed by atoms with Crippen LogP contribution in [-0.4, -0.2) is 14.1 Å². The van der Waals surface area contributed by atoms with E-state index in [1.165, 1.54) is 17.8 Å². The lowest BCUT2D eigenvalue weighted by Crippen LogP contribution is -2.37. The van der Waals surface area contributed by atoms with Crippen LogP contribution in [0.2, 0.25) is 10.0 Å². The fourth-order valence-corrected chi connectivity index (χ4v) is 2.78. The molecule has 0 spiro atoms. The molecule has 0 fully saturated rings. The summed E-state index contributed by atoms with van der Waals surface area (Å²) in [6, 6.07) is 6.65. The van der Waals surface area contributed by atoms with Gasteiger partial charge in [-0.25, -0.2) is 9.78 Å². The van der Waals surface area contributed by atoms with E-state index in [-0.39, 0.29) is 0 Å². The number of aromatic nitrogens is 3. The van der Waals surface area contributed by atoms with Crippen LogP contribution in [0.4, 0.5) is 11.4 Å². The van der Waals surface area contributed by atoms with Gasteiger partial charge in [-0.3, -0.25) is 13.9 Å². The predicted molar refractivity (Wildman–Crippen MR) is 92.0 cm³/mol. The Labute approximate surface area is 140 Å². The van der Waals surface area contributed by atoms with E-state index in [2.05, 4.69) is 10.3 Å². The van der Waals surface area contributed by atoms with Crippen LogP contribution in [-0.2, 0) is 14.1 Å².